The van der Waals surface area contributed by atoms with E-state index < -0.39 is 0 Å². The average molecular weight is 262 g/mol. The molecular weight excluding hydrogens is 240 g/mol. The summed E-state index contributed by atoms with van der Waals surface area (Å²) in [5.41, 5.74) is 2.02. The van der Waals surface area contributed by atoms with Gasteiger partial charge in [0.15, 0.2) is 0 Å². The Morgan fingerprint density at radius 2 is 2.11 bits per heavy atom. The molecule has 2 rings (SSSR count). The zero-order valence-corrected chi connectivity index (χ0v) is 11.8. The molecule has 0 saturated carbocycles. The number of nitrogens with one attached hydrogen (secondary N) is 2. The van der Waals surface area contributed by atoms with Crippen LogP contribution in [0.5, 0.6) is 0 Å². The zero-order chi connectivity index (χ0) is 13.9. The molecule has 1 aliphatic heterocycles. The third kappa shape index (κ3) is 3.55. The van der Waals surface area contributed by atoms with Crippen LogP contribution in [0.2, 0.25) is 0 Å². The minimum atomic E-state index is -0.262. The van der Waals surface area contributed by atoms with Crippen molar-refractivity contribution < 1.29 is 9.53 Å². The van der Waals surface area contributed by atoms with Crippen molar-refractivity contribution in [3.63, 3.8) is 0 Å². The molecule has 0 bridgehead atoms. The number of ether oxygens (including phenoxy) is 1. The molecule has 4 heteroatoms. The normalized spacial score (nSPS) is 20.1. The molecule has 2 N–H and O–H groups in total. The second-order valence-electron chi connectivity index (χ2n) is 5.87. The number of hydrogen-bond acceptors (Lipinski definition) is 3. The minimum Gasteiger partial charge on any atom is -0.378 e. The van der Waals surface area contributed by atoms with Gasteiger partial charge >= 0.3 is 0 Å². The van der Waals surface area contributed by atoms with Gasteiger partial charge in [0.2, 0.25) is 5.91 Å². The van der Waals surface area contributed by atoms with Crippen LogP contribution in [0.4, 0.5) is 5.69 Å². The van der Waals surface area contributed by atoms with Gasteiger partial charge in [-0.2, -0.15) is 0 Å². The first kappa shape index (κ1) is 14.0. The van der Waals surface area contributed by atoms with Gasteiger partial charge in [0.1, 0.15) is 6.04 Å². The fraction of sp³-hybridized carbons (Fsp3) is 0.533. The van der Waals surface area contributed by atoms with Crippen LogP contribution >= 0.6 is 0 Å². The van der Waals surface area contributed by atoms with E-state index in [2.05, 4.69) is 37.5 Å². The summed E-state index contributed by atoms with van der Waals surface area (Å²) in [6.45, 7) is 8.24. The Bertz CT molecular complexity index is 446. The SMILES string of the molecule is CC(C)(C)c1ccccc1NC(=O)C1COCCN1. The van der Waals surface area contributed by atoms with Crippen molar-refractivity contribution in [1.29, 1.82) is 0 Å². The van der Waals surface area contributed by atoms with Crippen LogP contribution < -0.4 is 10.6 Å². The maximum atomic E-state index is 12.2. The summed E-state index contributed by atoms with van der Waals surface area (Å²) in [7, 11) is 0. The molecule has 1 aromatic carbocycles. The van der Waals surface area contributed by atoms with Crippen molar-refractivity contribution >= 4 is 11.6 Å². The largest absolute Gasteiger partial charge is 0.378 e. The highest BCUT2D eigenvalue weighted by Crippen LogP contribution is 2.29. The predicted octanol–water partition coefficient (Wildman–Crippen LogP) is 1.91. The van der Waals surface area contributed by atoms with E-state index in [9.17, 15) is 4.79 Å². The topological polar surface area (TPSA) is 50.4 Å². The van der Waals surface area contributed by atoms with Crippen LogP contribution in [0.15, 0.2) is 24.3 Å². The molecule has 1 saturated heterocycles. The molecule has 1 fully saturated rings. The first-order valence-electron chi connectivity index (χ1n) is 6.70. The molecular formula is C15H22N2O2. The lowest BCUT2D eigenvalue weighted by Crippen LogP contribution is -2.49. The molecule has 4 nitrogen and oxygen atoms in total. The van der Waals surface area contributed by atoms with E-state index in [1.165, 1.54) is 0 Å². The van der Waals surface area contributed by atoms with Crippen LogP contribution in [0.25, 0.3) is 0 Å². The molecule has 1 aliphatic rings. The van der Waals surface area contributed by atoms with Crippen molar-refractivity contribution in [2.75, 3.05) is 25.1 Å². The van der Waals surface area contributed by atoms with E-state index in [-0.39, 0.29) is 17.4 Å². The molecule has 1 atom stereocenters. The fourth-order valence-electron chi connectivity index (χ4n) is 2.20. The third-order valence-corrected chi connectivity index (χ3v) is 3.23. The van der Waals surface area contributed by atoms with Crippen molar-refractivity contribution in [3.8, 4) is 0 Å². The highest BCUT2D eigenvalue weighted by Gasteiger charge is 2.23. The quantitative estimate of drug-likeness (QED) is 0.856. The van der Waals surface area contributed by atoms with Gasteiger partial charge in [-0.05, 0) is 17.0 Å². The summed E-state index contributed by atoms with van der Waals surface area (Å²) < 4.78 is 5.32. The van der Waals surface area contributed by atoms with Gasteiger partial charge in [0.25, 0.3) is 0 Å². The molecule has 104 valence electrons. The molecule has 0 aromatic heterocycles. The van der Waals surface area contributed by atoms with Gasteiger partial charge in [-0.25, -0.2) is 0 Å². The molecule has 0 spiro atoms. The number of para-hydroxylation sites is 1. The number of benzene rings is 1. The molecule has 19 heavy (non-hydrogen) atoms. The smallest absolute Gasteiger partial charge is 0.243 e. The van der Waals surface area contributed by atoms with Crippen molar-refractivity contribution in [1.82, 2.24) is 5.32 Å². The first-order valence-corrected chi connectivity index (χ1v) is 6.70. The summed E-state index contributed by atoms with van der Waals surface area (Å²) in [6.07, 6.45) is 0. The van der Waals surface area contributed by atoms with E-state index in [4.69, 9.17) is 4.74 Å². The van der Waals surface area contributed by atoms with E-state index in [1.807, 2.05) is 18.2 Å². The Hall–Kier alpha value is -1.39. The van der Waals surface area contributed by atoms with Gasteiger partial charge in [0, 0.05) is 12.2 Å². The van der Waals surface area contributed by atoms with Gasteiger partial charge in [0.05, 0.1) is 13.2 Å². The lowest BCUT2D eigenvalue weighted by molar-refractivity contribution is -0.120. The second-order valence-corrected chi connectivity index (χ2v) is 5.87. The number of carbonyl (C=O) groups is 1. The monoisotopic (exact) mass is 262 g/mol. The summed E-state index contributed by atoms with van der Waals surface area (Å²) in [6, 6.07) is 7.68. The number of amides is 1. The number of rotatable bonds is 2. The Labute approximate surface area is 114 Å². The van der Waals surface area contributed by atoms with Gasteiger partial charge in [-0.3, -0.25) is 4.79 Å². The number of carbonyl (C=O) groups excluding carboxylic acids is 1. The lowest BCUT2D eigenvalue weighted by Gasteiger charge is -2.26. The Kier molecular flexibility index (Phi) is 4.22. The summed E-state index contributed by atoms with van der Waals surface area (Å²) in [5, 5.41) is 6.17. The van der Waals surface area contributed by atoms with Gasteiger partial charge < -0.3 is 15.4 Å². The average Bonchev–Trinajstić information content (AvgIpc) is 2.39. The maximum absolute atomic E-state index is 12.2. The molecule has 1 heterocycles. The van der Waals surface area contributed by atoms with E-state index in [0.717, 1.165) is 17.8 Å². The lowest BCUT2D eigenvalue weighted by atomic mass is 9.86. The first-order chi connectivity index (χ1) is 8.98. The van der Waals surface area contributed by atoms with Gasteiger partial charge in [-0.1, -0.05) is 39.0 Å². The third-order valence-electron chi connectivity index (χ3n) is 3.23. The second kappa shape index (κ2) is 5.72. The molecule has 0 aliphatic carbocycles. The molecule has 1 aromatic rings. The summed E-state index contributed by atoms with van der Waals surface area (Å²) >= 11 is 0. The van der Waals surface area contributed by atoms with E-state index in [0.29, 0.717) is 13.2 Å². The van der Waals surface area contributed by atoms with Crippen molar-refractivity contribution in [3.05, 3.63) is 29.8 Å². The fourth-order valence-corrected chi connectivity index (χ4v) is 2.20. The highest BCUT2D eigenvalue weighted by atomic mass is 16.5. The molecule has 1 amide bonds. The highest BCUT2D eigenvalue weighted by molar-refractivity contribution is 5.95. The minimum absolute atomic E-state index is 0.000364. The Balaban J connectivity index is 2.12. The standard InChI is InChI=1S/C15H22N2O2/c1-15(2,3)11-6-4-5-7-12(11)17-14(18)13-10-19-9-8-16-13/h4-7,13,16H,8-10H2,1-3H3,(H,17,18). The zero-order valence-electron chi connectivity index (χ0n) is 11.8. The van der Waals surface area contributed by atoms with E-state index in [1.54, 1.807) is 0 Å². The van der Waals surface area contributed by atoms with Crippen molar-refractivity contribution in [2.24, 2.45) is 0 Å². The predicted molar refractivity (Wildman–Crippen MR) is 76.4 cm³/mol. The number of hydrogen-bond donors (Lipinski definition) is 2. The van der Waals surface area contributed by atoms with Gasteiger partial charge in [-0.15, -0.1) is 0 Å². The van der Waals surface area contributed by atoms with Crippen LogP contribution in [-0.4, -0.2) is 31.7 Å². The van der Waals surface area contributed by atoms with Crippen LogP contribution in [0.1, 0.15) is 26.3 Å². The van der Waals surface area contributed by atoms with Crippen LogP contribution in [0, 0.1) is 0 Å². The van der Waals surface area contributed by atoms with Crippen LogP contribution in [-0.2, 0) is 14.9 Å². The van der Waals surface area contributed by atoms with E-state index >= 15 is 0 Å². The molecule has 0 radical (unpaired) electrons. The molecule has 1 unspecified atom stereocenters. The Morgan fingerprint density at radius 1 is 1.37 bits per heavy atom. The summed E-state index contributed by atoms with van der Waals surface area (Å²) in [5.74, 6) is -0.0311. The number of morpholine rings is 1. The van der Waals surface area contributed by atoms with Crippen molar-refractivity contribution in [2.45, 2.75) is 32.2 Å². The van der Waals surface area contributed by atoms with Crippen LogP contribution in [0.3, 0.4) is 0 Å². The summed E-state index contributed by atoms with van der Waals surface area (Å²) in [4.78, 5) is 12.2. The number of anilines is 1. The Morgan fingerprint density at radius 3 is 2.74 bits per heavy atom. The maximum Gasteiger partial charge on any atom is 0.243 e.